The quantitative estimate of drug-likeness (QED) is 0.562. The molecule has 3 aromatic heterocycles. The van der Waals surface area contributed by atoms with E-state index in [1.807, 2.05) is 27.4 Å². The van der Waals surface area contributed by atoms with Crippen molar-refractivity contribution < 1.29 is 22.8 Å². The molecule has 30 heavy (non-hydrogen) atoms. The van der Waals surface area contributed by atoms with Crippen LogP contribution in [-0.4, -0.2) is 32.7 Å². The molecule has 166 valence electrons. The zero-order valence-electron chi connectivity index (χ0n) is 17.8. The maximum atomic E-state index is 13.0. The monoisotopic (exact) mass is 446 g/mol. The molecule has 0 radical (unpaired) electrons. The Morgan fingerprint density at radius 1 is 1.03 bits per heavy atom. The maximum Gasteiger partial charge on any atom is 0.431 e. The molecule has 0 saturated heterocycles. The van der Waals surface area contributed by atoms with Crippen molar-refractivity contribution in [1.82, 2.24) is 19.1 Å². The van der Waals surface area contributed by atoms with E-state index in [9.17, 15) is 18.0 Å². The third-order valence-corrected chi connectivity index (χ3v) is 4.56. The molecule has 0 bridgehead atoms. The number of imidazole rings is 1. The molecule has 3 heterocycles. The molecule has 3 aromatic rings. The highest BCUT2D eigenvalue weighted by Gasteiger charge is 2.35. The van der Waals surface area contributed by atoms with Crippen LogP contribution in [0.1, 0.15) is 35.8 Å². The number of fused-ring (bicyclic) bond motifs is 1. The summed E-state index contributed by atoms with van der Waals surface area (Å²) in [5, 5.41) is 0.827. The largest absolute Gasteiger partial charge is 0.431 e. The van der Waals surface area contributed by atoms with Crippen molar-refractivity contribution in [2.24, 2.45) is 14.1 Å². The zero-order valence-corrected chi connectivity index (χ0v) is 18.6. The number of aryl methyl sites for hydroxylation is 3. The van der Waals surface area contributed by atoms with Gasteiger partial charge in [-0.05, 0) is 19.9 Å². The summed E-state index contributed by atoms with van der Waals surface area (Å²) in [6, 6.07) is 0.898. The maximum absolute atomic E-state index is 13.0. The van der Waals surface area contributed by atoms with Crippen molar-refractivity contribution in [2.75, 3.05) is 0 Å². The van der Waals surface area contributed by atoms with Crippen molar-refractivity contribution in [2.45, 2.75) is 40.3 Å². The van der Waals surface area contributed by atoms with Crippen LogP contribution in [0.25, 0.3) is 22.6 Å². The molecule has 0 aromatic carbocycles. The summed E-state index contributed by atoms with van der Waals surface area (Å²) in [4.78, 5) is 37.8. The normalized spacial score (nSPS) is 10.3. The summed E-state index contributed by atoms with van der Waals surface area (Å²) >= 11 is 1.47. The first-order valence-corrected chi connectivity index (χ1v) is 9.50. The standard InChI is InChI=1S/C14H13F3N4OS.C3H8.2CH2O/c1-6-10(18-7(2)23-6)12-19-8-5-9(14(15,16)17)20(3)13(22)11(8)21(12)4;1-3-2;2*1-2/h5H,1-4H3;3H2,1-2H3;2*1H2. The molecule has 0 N–H and O–H groups in total. The zero-order chi connectivity index (χ0) is 23.8. The van der Waals surface area contributed by atoms with Gasteiger partial charge in [-0.3, -0.25) is 4.79 Å². The molecule has 0 saturated carbocycles. The van der Waals surface area contributed by atoms with Crippen molar-refractivity contribution in [3.05, 3.63) is 32.0 Å². The van der Waals surface area contributed by atoms with Gasteiger partial charge in [-0.25, -0.2) is 9.97 Å². The van der Waals surface area contributed by atoms with Crippen LogP contribution in [0.15, 0.2) is 10.9 Å². The number of halogens is 3. The fourth-order valence-corrected chi connectivity index (χ4v) is 3.40. The van der Waals surface area contributed by atoms with E-state index >= 15 is 0 Å². The predicted octanol–water partition coefficient (Wildman–Crippen LogP) is 4.08. The van der Waals surface area contributed by atoms with E-state index in [0.29, 0.717) is 16.1 Å². The molecule has 7 nitrogen and oxygen atoms in total. The average molecular weight is 446 g/mol. The van der Waals surface area contributed by atoms with Gasteiger partial charge in [-0.1, -0.05) is 20.3 Å². The minimum atomic E-state index is -4.62. The van der Waals surface area contributed by atoms with E-state index in [1.54, 1.807) is 7.05 Å². The lowest BCUT2D eigenvalue weighted by molar-refractivity contribution is -0.143. The molecule has 0 aliphatic carbocycles. The summed E-state index contributed by atoms with van der Waals surface area (Å²) in [5.41, 5.74) is -1.03. The fourth-order valence-electron chi connectivity index (χ4n) is 2.59. The second-order valence-corrected chi connectivity index (χ2v) is 7.37. The highest BCUT2D eigenvalue weighted by atomic mass is 32.1. The molecule has 0 unspecified atom stereocenters. The van der Waals surface area contributed by atoms with Crippen molar-refractivity contribution in [3.8, 4) is 11.5 Å². The smallest absolute Gasteiger partial charge is 0.321 e. The van der Waals surface area contributed by atoms with E-state index in [0.717, 1.165) is 23.0 Å². The van der Waals surface area contributed by atoms with E-state index in [4.69, 9.17) is 9.59 Å². The van der Waals surface area contributed by atoms with Crippen LogP contribution >= 0.6 is 11.3 Å². The molecule has 0 spiro atoms. The van der Waals surface area contributed by atoms with Gasteiger partial charge in [0.2, 0.25) is 0 Å². The first-order valence-electron chi connectivity index (χ1n) is 8.68. The van der Waals surface area contributed by atoms with Crippen LogP contribution in [0.4, 0.5) is 13.2 Å². The van der Waals surface area contributed by atoms with Crippen molar-refractivity contribution >= 4 is 35.9 Å². The van der Waals surface area contributed by atoms with Gasteiger partial charge in [0, 0.05) is 19.0 Å². The van der Waals surface area contributed by atoms with Crippen molar-refractivity contribution in [3.63, 3.8) is 0 Å². The summed E-state index contributed by atoms with van der Waals surface area (Å²) in [5.74, 6) is 0.387. The third-order valence-electron chi connectivity index (χ3n) is 3.67. The molecule has 0 aliphatic rings. The highest BCUT2D eigenvalue weighted by Crippen LogP contribution is 2.32. The summed E-state index contributed by atoms with van der Waals surface area (Å²) in [6.07, 6.45) is -3.37. The minimum Gasteiger partial charge on any atom is -0.321 e. The Morgan fingerprint density at radius 3 is 1.93 bits per heavy atom. The summed E-state index contributed by atoms with van der Waals surface area (Å²) in [6.45, 7) is 11.9. The van der Waals surface area contributed by atoms with E-state index in [1.165, 1.54) is 22.3 Å². The van der Waals surface area contributed by atoms with Gasteiger partial charge in [-0.2, -0.15) is 13.2 Å². The molecule has 0 atom stereocenters. The number of carbonyl (C=O) groups excluding carboxylic acids is 2. The number of nitrogens with zero attached hydrogens (tertiary/aromatic N) is 4. The summed E-state index contributed by atoms with van der Waals surface area (Å²) in [7, 11) is 2.71. The number of hydrogen-bond acceptors (Lipinski definition) is 6. The molecule has 0 amide bonds. The number of rotatable bonds is 1. The lowest BCUT2D eigenvalue weighted by Gasteiger charge is -2.11. The Bertz CT molecular complexity index is 1040. The van der Waals surface area contributed by atoms with Gasteiger partial charge in [0.05, 0.1) is 10.5 Å². The van der Waals surface area contributed by atoms with E-state index < -0.39 is 17.4 Å². The SMILES string of the molecule is C=O.C=O.CCC.Cc1nc(-c2nc3cc(C(F)(F)F)n(C)c(=O)c3n2C)c(C)s1. The Labute approximate surface area is 176 Å². The number of thiazole rings is 1. The van der Waals surface area contributed by atoms with Gasteiger partial charge in [-0.15, -0.1) is 11.3 Å². The second-order valence-electron chi connectivity index (χ2n) is 5.96. The highest BCUT2D eigenvalue weighted by molar-refractivity contribution is 7.11. The number of pyridine rings is 1. The minimum absolute atomic E-state index is 0.0166. The van der Waals surface area contributed by atoms with E-state index in [-0.39, 0.29) is 11.0 Å². The number of aromatic nitrogens is 4. The van der Waals surface area contributed by atoms with Gasteiger partial charge in [0.1, 0.15) is 30.5 Å². The van der Waals surface area contributed by atoms with Crippen LogP contribution in [0.3, 0.4) is 0 Å². The van der Waals surface area contributed by atoms with Crippen LogP contribution in [0, 0.1) is 13.8 Å². The molecular formula is C19H25F3N4O3S. The first kappa shape index (κ1) is 27.2. The van der Waals surface area contributed by atoms with Crippen LogP contribution in [0.2, 0.25) is 0 Å². The molecule has 3 rings (SSSR count). The van der Waals surface area contributed by atoms with Gasteiger partial charge in [0.25, 0.3) is 5.56 Å². The summed E-state index contributed by atoms with van der Waals surface area (Å²) < 4.78 is 41.3. The number of carbonyl (C=O) groups is 2. The van der Waals surface area contributed by atoms with Crippen LogP contribution < -0.4 is 5.56 Å². The average Bonchev–Trinajstić information content (AvgIpc) is 3.19. The van der Waals surface area contributed by atoms with Gasteiger partial charge >= 0.3 is 6.18 Å². The Hall–Kier alpha value is -2.82. The Kier molecular flexibility index (Phi) is 10.3. The van der Waals surface area contributed by atoms with E-state index in [2.05, 4.69) is 23.8 Å². The fraction of sp³-hybridized carbons (Fsp3) is 0.421. The Morgan fingerprint density at radius 2 is 1.53 bits per heavy atom. The lowest BCUT2D eigenvalue weighted by atomic mass is 10.3. The van der Waals surface area contributed by atoms with Crippen LogP contribution in [0.5, 0.6) is 0 Å². The van der Waals surface area contributed by atoms with Crippen molar-refractivity contribution in [1.29, 1.82) is 0 Å². The van der Waals surface area contributed by atoms with Gasteiger partial charge < -0.3 is 18.7 Å². The topological polar surface area (TPSA) is 86.8 Å². The second kappa shape index (κ2) is 11.4. The first-order chi connectivity index (χ1) is 14.0. The number of alkyl halides is 3. The van der Waals surface area contributed by atoms with Gasteiger partial charge in [0.15, 0.2) is 5.82 Å². The molecule has 11 heteroatoms. The molecular weight excluding hydrogens is 421 g/mol. The van der Waals surface area contributed by atoms with Crippen LogP contribution in [-0.2, 0) is 29.9 Å². The predicted molar refractivity (Wildman–Crippen MR) is 112 cm³/mol. The molecule has 0 fully saturated rings. The molecule has 0 aliphatic heterocycles. The Balaban J connectivity index is 0.00000108. The third kappa shape index (κ3) is 5.62. The lowest BCUT2D eigenvalue weighted by Crippen LogP contribution is -2.26. The number of hydrogen-bond donors (Lipinski definition) is 0.